The number of rotatable bonds is 3. The van der Waals surface area contributed by atoms with Gasteiger partial charge in [0.05, 0.1) is 7.11 Å². The van der Waals surface area contributed by atoms with Crippen LogP contribution in [0.25, 0.3) is 16.3 Å². The fraction of sp³-hybridized carbons (Fsp3) is 0.0526. The molecule has 98 valence electrons. The average Bonchev–Trinajstić information content (AvgIpc) is 2.54. The van der Waals surface area contributed by atoms with E-state index in [1.54, 1.807) is 7.11 Å². The Morgan fingerprint density at radius 3 is 2.30 bits per heavy atom. The maximum Gasteiger partial charge on any atom is 0.118 e. The molecule has 3 aromatic carbocycles. The Labute approximate surface area is 119 Å². The van der Waals surface area contributed by atoms with Gasteiger partial charge in [0.15, 0.2) is 0 Å². The largest absolute Gasteiger partial charge is 0.497 e. The van der Waals surface area contributed by atoms with Crippen molar-refractivity contribution < 1.29 is 4.74 Å². The molecule has 3 rings (SSSR count). The van der Waals surface area contributed by atoms with E-state index in [9.17, 15) is 0 Å². The summed E-state index contributed by atoms with van der Waals surface area (Å²) in [5, 5.41) is 2.47. The topological polar surface area (TPSA) is 9.23 Å². The van der Waals surface area contributed by atoms with Crippen LogP contribution in [0.2, 0.25) is 0 Å². The summed E-state index contributed by atoms with van der Waals surface area (Å²) >= 11 is 0. The van der Waals surface area contributed by atoms with E-state index < -0.39 is 0 Å². The van der Waals surface area contributed by atoms with E-state index in [1.807, 2.05) is 24.3 Å². The van der Waals surface area contributed by atoms with Crippen LogP contribution in [-0.4, -0.2) is 7.11 Å². The van der Waals surface area contributed by atoms with Crippen LogP contribution in [0.5, 0.6) is 5.75 Å². The van der Waals surface area contributed by atoms with Gasteiger partial charge in [0.25, 0.3) is 0 Å². The first-order valence-corrected chi connectivity index (χ1v) is 6.61. The fourth-order valence-electron chi connectivity index (χ4n) is 2.44. The van der Waals surface area contributed by atoms with Crippen molar-refractivity contribution in [1.82, 2.24) is 0 Å². The van der Waals surface area contributed by atoms with Gasteiger partial charge in [-0.2, -0.15) is 0 Å². The molecule has 0 amide bonds. The Bertz CT molecular complexity index is 749. The molecule has 0 saturated carbocycles. The first kappa shape index (κ1) is 12.5. The third kappa shape index (κ3) is 2.19. The van der Waals surface area contributed by atoms with E-state index in [1.165, 1.54) is 16.3 Å². The van der Waals surface area contributed by atoms with Crippen LogP contribution in [0.3, 0.4) is 0 Å². The lowest BCUT2D eigenvalue weighted by molar-refractivity contribution is 0.415. The Kier molecular flexibility index (Phi) is 3.26. The normalized spacial score (nSPS) is 10.4. The van der Waals surface area contributed by atoms with Gasteiger partial charge < -0.3 is 4.74 Å². The second kappa shape index (κ2) is 5.22. The zero-order valence-corrected chi connectivity index (χ0v) is 11.5. The Balaban J connectivity index is 2.07. The second-order valence-electron chi connectivity index (χ2n) is 4.73. The number of methoxy groups -OCH3 is 1. The molecule has 0 heterocycles. The molecule has 0 aliphatic carbocycles. The van der Waals surface area contributed by atoms with E-state index in [4.69, 9.17) is 4.74 Å². The predicted molar refractivity (Wildman–Crippen MR) is 85.1 cm³/mol. The molecule has 1 nitrogen and oxygen atoms in total. The first-order valence-electron chi connectivity index (χ1n) is 6.61. The highest BCUT2D eigenvalue weighted by Gasteiger charge is 2.06. The summed E-state index contributed by atoms with van der Waals surface area (Å²) in [4.78, 5) is 0. The second-order valence-corrected chi connectivity index (χ2v) is 4.73. The van der Waals surface area contributed by atoms with Crippen molar-refractivity contribution in [3.8, 4) is 5.75 Å². The molecule has 0 fully saturated rings. The van der Waals surface area contributed by atoms with Crippen LogP contribution in [-0.2, 0) is 0 Å². The highest BCUT2D eigenvalue weighted by Crippen LogP contribution is 2.29. The zero-order chi connectivity index (χ0) is 13.9. The molecule has 0 unspecified atom stereocenters. The summed E-state index contributed by atoms with van der Waals surface area (Å²) in [6, 6.07) is 22.7. The first-order chi connectivity index (χ1) is 9.79. The number of hydrogen-bond acceptors (Lipinski definition) is 1. The van der Waals surface area contributed by atoms with Crippen LogP contribution < -0.4 is 4.74 Å². The van der Waals surface area contributed by atoms with Crippen LogP contribution in [0.15, 0.2) is 73.3 Å². The van der Waals surface area contributed by atoms with Crippen LogP contribution in [0.4, 0.5) is 0 Å². The van der Waals surface area contributed by atoms with Gasteiger partial charge in [-0.25, -0.2) is 0 Å². The highest BCUT2D eigenvalue weighted by atomic mass is 16.5. The van der Waals surface area contributed by atoms with E-state index in [0.29, 0.717) is 0 Å². The van der Waals surface area contributed by atoms with Crippen molar-refractivity contribution in [2.75, 3.05) is 7.11 Å². The van der Waals surface area contributed by atoms with Gasteiger partial charge >= 0.3 is 0 Å². The third-order valence-electron chi connectivity index (χ3n) is 3.55. The minimum absolute atomic E-state index is 0.861. The summed E-state index contributed by atoms with van der Waals surface area (Å²) in [5.74, 6) is 0.861. The Morgan fingerprint density at radius 1 is 0.850 bits per heavy atom. The molecule has 0 aliphatic heterocycles. The summed E-state index contributed by atoms with van der Waals surface area (Å²) in [7, 11) is 1.68. The smallest absolute Gasteiger partial charge is 0.118 e. The Hall–Kier alpha value is -2.54. The minimum Gasteiger partial charge on any atom is -0.497 e. The van der Waals surface area contributed by atoms with Crippen molar-refractivity contribution in [2.45, 2.75) is 0 Å². The number of ether oxygens (including phenoxy) is 1. The molecule has 0 spiro atoms. The minimum atomic E-state index is 0.861. The van der Waals surface area contributed by atoms with E-state index >= 15 is 0 Å². The molecular weight excluding hydrogens is 244 g/mol. The highest BCUT2D eigenvalue weighted by molar-refractivity contribution is 5.97. The lowest BCUT2D eigenvalue weighted by Gasteiger charge is -2.10. The van der Waals surface area contributed by atoms with Gasteiger partial charge in [-0.15, -0.1) is 0 Å². The molecule has 0 atom stereocenters. The maximum atomic E-state index is 5.20. The molecule has 3 aromatic rings. The van der Waals surface area contributed by atoms with Gasteiger partial charge in [-0.1, -0.05) is 61.2 Å². The monoisotopic (exact) mass is 260 g/mol. The van der Waals surface area contributed by atoms with Crippen LogP contribution >= 0.6 is 0 Å². The SMILES string of the molecule is C=C(c1ccc(OC)cc1)c1cccc2ccccc12. The van der Waals surface area contributed by atoms with Crippen molar-refractivity contribution in [2.24, 2.45) is 0 Å². The molecule has 0 saturated heterocycles. The number of benzene rings is 3. The van der Waals surface area contributed by atoms with Crippen LogP contribution in [0.1, 0.15) is 11.1 Å². The number of fused-ring (bicyclic) bond motifs is 1. The van der Waals surface area contributed by atoms with E-state index in [-0.39, 0.29) is 0 Å². The molecule has 0 aromatic heterocycles. The summed E-state index contributed by atoms with van der Waals surface area (Å²) in [5.41, 5.74) is 3.32. The molecular formula is C19H16O. The van der Waals surface area contributed by atoms with Crippen molar-refractivity contribution in [3.05, 3.63) is 84.4 Å². The predicted octanol–water partition coefficient (Wildman–Crippen LogP) is 4.91. The van der Waals surface area contributed by atoms with E-state index in [2.05, 4.69) is 49.0 Å². The molecule has 20 heavy (non-hydrogen) atoms. The zero-order valence-electron chi connectivity index (χ0n) is 11.5. The van der Waals surface area contributed by atoms with Crippen molar-refractivity contribution >= 4 is 16.3 Å². The average molecular weight is 260 g/mol. The Morgan fingerprint density at radius 2 is 1.55 bits per heavy atom. The quantitative estimate of drug-likeness (QED) is 0.650. The lowest BCUT2D eigenvalue weighted by Crippen LogP contribution is -1.89. The van der Waals surface area contributed by atoms with Crippen LogP contribution in [0, 0.1) is 0 Å². The van der Waals surface area contributed by atoms with Gasteiger partial charge in [-0.3, -0.25) is 0 Å². The molecule has 0 radical (unpaired) electrons. The standard InChI is InChI=1S/C19H16O/c1-14(15-10-12-17(20-2)13-11-15)18-9-5-7-16-6-3-4-8-19(16)18/h3-13H,1H2,2H3. The molecule has 0 bridgehead atoms. The molecule has 0 aliphatic rings. The number of hydrogen-bond donors (Lipinski definition) is 0. The molecule has 1 heteroatoms. The summed E-state index contributed by atoms with van der Waals surface area (Å²) in [6.45, 7) is 4.26. The third-order valence-corrected chi connectivity index (χ3v) is 3.55. The van der Waals surface area contributed by atoms with Gasteiger partial charge in [0.1, 0.15) is 5.75 Å². The lowest BCUT2D eigenvalue weighted by atomic mass is 9.94. The van der Waals surface area contributed by atoms with Gasteiger partial charge in [-0.05, 0) is 39.6 Å². The summed E-state index contributed by atoms with van der Waals surface area (Å²) in [6.07, 6.45) is 0. The van der Waals surface area contributed by atoms with Gasteiger partial charge in [0.2, 0.25) is 0 Å². The van der Waals surface area contributed by atoms with Crippen molar-refractivity contribution in [1.29, 1.82) is 0 Å². The van der Waals surface area contributed by atoms with Gasteiger partial charge in [0, 0.05) is 0 Å². The maximum absolute atomic E-state index is 5.20. The van der Waals surface area contributed by atoms with E-state index in [0.717, 1.165) is 16.9 Å². The van der Waals surface area contributed by atoms with Crippen molar-refractivity contribution in [3.63, 3.8) is 0 Å². The summed E-state index contributed by atoms with van der Waals surface area (Å²) < 4.78 is 5.20. The fourth-order valence-corrected chi connectivity index (χ4v) is 2.44. The molecule has 0 N–H and O–H groups in total.